The van der Waals surface area contributed by atoms with E-state index in [1.54, 1.807) is 6.07 Å². The molecule has 3 aromatic rings. The van der Waals surface area contributed by atoms with Crippen molar-refractivity contribution in [2.45, 2.75) is 32.4 Å². The van der Waals surface area contributed by atoms with Crippen molar-refractivity contribution in [3.8, 4) is 0 Å². The number of aromatic amines is 1. The standard InChI is InChI=1S/C23H26N4O2/c1-15-7-9-16(10-8-15)22(17-11-12-17)26-21(28)14-27(2)13-20-24-19-6-4-3-5-18(19)23(29)25-20/h3-10,17,22H,11-14H2,1-2H3,(H,26,28)(H,24,25,29). The van der Waals surface area contributed by atoms with Crippen molar-refractivity contribution in [2.75, 3.05) is 13.6 Å². The number of likely N-dealkylation sites (N-methyl/N-ethyl adjacent to an activating group) is 1. The van der Waals surface area contributed by atoms with Gasteiger partial charge in [0, 0.05) is 0 Å². The third-order valence-corrected chi connectivity index (χ3v) is 5.34. The number of rotatable bonds is 7. The molecule has 1 heterocycles. The lowest BCUT2D eigenvalue weighted by Crippen LogP contribution is -2.38. The van der Waals surface area contributed by atoms with E-state index in [9.17, 15) is 9.59 Å². The number of carbonyl (C=O) groups excluding carboxylic acids is 1. The summed E-state index contributed by atoms with van der Waals surface area (Å²) in [5.74, 6) is 1.06. The molecule has 0 spiro atoms. The first kappa shape index (κ1) is 19.3. The lowest BCUT2D eigenvalue weighted by atomic mass is 10.0. The van der Waals surface area contributed by atoms with Crippen molar-refractivity contribution >= 4 is 16.8 Å². The fraction of sp³-hybridized carbons (Fsp3) is 0.348. The van der Waals surface area contributed by atoms with Crippen molar-refractivity contribution in [2.24, 2.45) is 5.92 Å². The molecule has 0 bridgehead atoms. The van der Waals surface area contributed by atoms with E-state index in [0.29, 0.717) is 29.2 Å². The molecule has 1 atom stereocenters. The van der Waals surface area contributed by atoms with Gasteiger partial charge in [-0.05, 0) is 50.4 Å². The molecular weight excluding hydrogens is 364 g/mol. The van der Waals surface area contributed by atoms with Gasteiger partial charge in [-0.2, -0.15) is 0 Å². The fourth-order valence-electron chi connectivity index (χ4n) is 3.66. The molecule has 150 valence electrons. The highest BCUT2D eigenvalue weighted by Gasteiger charge is 2.33. The molecule has 1 aliphatic carbocycles. The molecule has 6 heteroatoms. The van der Waals surface area contributed by atoms with Crippen LogP contribution in [0.1, 0.15) is 35.8 Å². The van der Waals surface area contributed by atoms with Gasteiger partial charge in [-0.1, -0.05) is 42.0 Å². The number of para-hydroxylation sites is 1. The average Bonchev–Trinajstić information content (AvgIpc) is 3.52. The number of amides is 1. The molecule has 2 aromatic carbocycles. The first-order valence-corrected chi connectivity index (χ1v) is 10.0. The van der Waals surface area contributed by atoms with E-state index < -0.39 is 0 Å². The third kappa shape index (κ3) is 4.71. The summed E-state index contributed by atoms with van der Waals surface area (Å²) in [6.07, 6.45) is 2.30. The van der Waals surface area contributed by atoms with Crippen LogP contribution in [0.15, 0.2) is 53.3 Å². The Kier molecular flexibility index (Phi) is 5.45. The second kappa shape index (κ2) is 8.17. The molecule has 1 amide bonds. The molecule has 6 nitrogen and oxygen atoms in total. The van der Waals surface area contributed by atoms with Crippen LogP contribution in [0, 0.1) is 12.8 Å². The number of H-pyrrole nitrogens is 1. The number of benzene rings is 2. The number of aryl methyl sites for hydroxylation is 1. The van der Waals surface area contributed by atoms with Gasteiger partial charge >= 0.3 is 0 Å². The third-order valence-electron chi connectivity index (χ3n) is 5.34. The zero-order valence-electron chi connectivity index (χ0n) is 16.8. The van der Waals surface area contributed by atoms with Gasteiger partial charge in [0.2, 0.25) is 5.91 Å². The number of nitrogens with zero attached hydrogens (tertiary/aromatic N) is 2. The van der Waals surface area contributed by atoms with Gasteiger partial charge in [-0.15, -0.1) is 0 Å². The molecule has 1 unspecified atom stereocenters. The van der Waals surface area contributed by atoms with Crippen molar-refractivity contribution in [3.05, 3.63) is 75.8 Å². The van der Waals surface area contributed by atoms with E-state index >= 15 is 0 Å². The van der Waals surface area contributed by atoms with Gasteiger partial charge in [-0.25, -0.2) is 4.98 Å². The van der Waals surface area contributed by atoms with Crippen LogP contribution < -0.4 is 10.9 Å². The van der Waals surface area contributed by atoms with Crippen molar-refractivity contribution < 1.29 is 4.79 Å². The molecular formula is C23H26N4O2. The summed E-state index contributed by atoms with van der Waals surface area (Å²) in [6, 6.07) is 15.7. The van der Waals surface area contributed by atoms with E-state index in [1.165, 1.54) is 5.56 Å². The number of hydrogen-bond donors (Lipinski definition) is 2. The van der Waals surface area contributed by atoms with E-state index in [4.69, 9.17) is 0 Å². The summed E-state index contributed by atoms with van der Waals surface area (Å²) in [5, 5.41) is 3.77. The fourth-order valence-corrected chi connectivity index (χ4v) is 3.66. The Bertz CT molecular complexity index is 1070. The maximum absolute atomic E-state index is 12.7. The first-order valence-electron chi connectivity index (χ1n) is 10.0. The minimum atomic E-state index is -0.156. The van der Waals surface area contributed by atoms with Crippen LogP contribution in [-0.4, -0.2) is 34.4 Å². The molecule has 29 heavy (non-hydrogen) atoms. The molecule has 0 aliphatic heterocycles. The molecule has 1 fully saturated rings. The Morgan fingerprint density at radius 3 is 2.66 bits per heavy atom. The Hall–Kier alpha value is -2.99. The van der Waals surface area contributed by atoms with Crippen LogP contribution in [0.2, 0.25) is 0 Å². The maximum atomic E-state index is 12.7. The predicted molar refractivity (Wildman–Crippen MR) is 113 cm³/mol. The van der Waals surface area contributed by atoms with Gasteiger partial charge < -0.3 is 10.3 Å². The largest absolute Gasteiger partial charge is 0.348 e. The van der Waals surface area contributed by atoms with Crippen LogP contribution in [0.25, 0.3) is 10.9 Å². The van der Waals surface area contributed by atoms with Gasteiger partial charge in [-0.3, -0.25) is 14.5 Å². The Morgan fingerprint density at radius 2 is 1.93 bits per heavy atom. The summed E-state index contributed by atoms with van der Waals surface area (Å²) in [6.45, 7) is 2.70. The van der Waals surface area contributed by atoms with Crippen LogP contribution >= 0.6 is 0 Å². The number of fused-ring (bicyclic) bond motifs is 1. The molecule has 4 rings (SSSR count). The minimum Gasteiger partial charge on any atom is -0.348 e. The summed E-state index contributed by atoms with van der Waals surface area (Å²) in [4.78, 5) is 34.1. The molecule has 2 N–H and O–H groups in total. The quantitative estimate of drug-likeness (QED) is 0.650. The van der Waals surface area contributed by atoms with Crippen molar-refractivity contribution in [1.82, 2.24) is 20.2 Å². The number of nitrogens with one attached hydrogen (secondary N) is 2. The van der Waals surface area contributed by atoms with Gasteiger partial charge in [0.05, 0.1) is 30.0 Å². The number of aromatic nitrogens is 2. The highest BCUT2D eigenvalue weighted by Crippen LogP contribution is 2.41. The summed E-state index contributed by atoms with van der Waals surface area (Å²) >= 11 is 0. The minimum absolute atomic E-state index is 0.0203. The zero-order valence-corrected chi connectivity index (χ0v) is 16.8. The monoisotopic (exact) mass is 390 g/mol. The van der Waals surface area contributed by atoms with E-state index in [0.717, 1.165) is 18.4 Å². The van der Waals surface area contributed by atoms with Crippen LogP contribution in [0.5, 0.6) is 0 Å². The summed E-state index contributed by atoms with van der Waals surface area (Å²) < 4.78 is 0. The van der Waals surface area contributed by atoms with Crippen LogP contribution in [-0.2, 0) is 11.3 Å². The molecule has 0 radical (unpaired) electrons. The van der Waals surface area contributed by atoms with Crippen LogP contribution in [0.3, 0.4) is 0 Å². The maximum Gasteiger partial charge on any atom is 0.258 e. The SMILES string of the molecule is Cc1ccc(C(NC(=O)CN(C)Cc2nc3ccccc3c(=O)[nH]2)C2CC2)cc1. The van der Waals surface area contributed by atoms with Crippen molar-refractivity contribution in [1.29, 1.82) is 0 Å². The molecule has 1 aromatic heterocycles. The Morgan fingerprint density at radius 1 is 1.21 bits per heavy atom. The van der Waals surface area contributed by atoms with E-state index in [-0.39, 0.29) is 24.1 Å². The lowest BCUT2D eigenvalue weighted by molar-refractivity contribution is -0.123. The molecule has 0 saturated heterocycles. The first-order chi connectivity index (χ1) is 14.0. The van der Waals surface area contributed by atoms with Gasteiger partial charge in [0.25, 0.3) is 5.56 Å². The zero-order chi connectivity index (χ0) is 20.4. The highest BCUT2D eigenvalue weighted by atomic mass is 16.2. The topological polar surface area (TPSA) is 78.1 Å². The number of carbonyl (C=O) groups is 1. The normalized spacial score (nSPS) is 14.9. The summed E-state index contributed by atoms with van der Waals surface area (Å²) in [5.41, 5.74) is 2.88. The van der Waals surface area contributed by atoms with Gasteiger partial charge in [0.1, 0.15) is 5.82 Å². The predicted octanol–water partition coefficient (Wildman–Crippen LogP) is 2.93. The van der Waals surface area contributed by atoms with E-state index in [1.807, 2.05) is 30.1 Å². The smallest absolute Gasteiger partial charge is 0.258 e. The number of hydrogen-bond acceptors (Lipinski definition) is 4. The summed E-state index contributed by atoms with van der Waals surface area (Å²) in [7, 11) is 1.85. The molecule has 1 saturated carbocycles. The second-order valence-electron chi connectivity index (χ2n) is 8.00. The lowest BCUT2D eigenvalue weighted by Gasteiger charge is -2.22. The average molecular weight is 390 g/mol. The van der Waals surface area contributed by atoms with Crippen LogP contribution in [0.4, 0.5) is 0 Å². The Labute approximate surface area is 170 Å². The van der Waals surface area contributed by atoms with Gasteiger partial charge in [0.15, 0.2) is 0 Å². The Balaban J connectivity index is 1.40. The second-order valence-corrected chi connectivity index (χ2v) is 8.00. The highest BCUT2D eigenvalue weighted by molar-refractivity contribution is 5.79. The molecule has 1 aliphatic rings. The van der Waals surface area contributed by atoms with E-state index in [2.05, 4.69) is 46.5 Å². The van der Waals surface area contributed by atoms with Crippen molar-refractivity contribution in [3.63, 3.8) is 0 Å².